The monoisotopic (exact) mass is 369 g/mol. The Hall–Kier alpha value is -3.73. The van der Waals surface area contributed by atoms with Gasteiger partial charge in [-0.3, -0.25) is 14.6 Å². The molecule has 2 aromatic heterocycles. The van der Waals surface area contributed by atoms with Gasteiger partial charge in [-0.1, -0.05) is 30.3 Å². The lowest BCUT2D eigenvalue weighted by Gasteiger charge is -2.25. The normalized spacial score (nSPS) is 15.9. The fraction of sp³-hybridized carbons (Fsp3) is 0.0870. The number of nitrogens with zero attached hydrogens (tertiary/aromatic N) is 1. The number of aromatic nitrogens is 1. The number of ether oxygens (including phenoxy) is 1. The molecule has 0 saturated carbocycles. The Labute approximate surface area is 160 Å². The Morgan fingerprint density at radius 3 is 2.50 bits per heavy atom. The van der Waals surface area contributed by atoms with Crippen LogP contribution in [0.4, 0.5) is 0 Å². The first-order chi connectivity index (χ1) is 13.7. The molecule has 0 saturated heterocycles. The second kappa shape index (κ2) is 6.46. The second-order valence-corrected chi connectivity index (χ2v) is 6.71. The molecule has 136 valence electrons. The summed E-state index contributed by atoms with van der Waals surface area (Å²) in [6.45, 7) is 0. The topological polar surface area (TPSA) is 69.4 Å². The predicted molar refractivity (Wildman–Crippen MR) is 104 cm³/mol. The molecule has 0 amide bonds. The van der Waals surface area contributed by atoms with Crippen molar-refractivity contribution in [1.29, 1.82) is 0 Å². The number of rotatable bonds is 2. The van der Waals surface area contributed by atoms with Gasteiger partial charge in [0.2, 0.25) is 5.43 Å². The molecule has 3 heterocycles. The summed E-state index contributed by atoms with van der Waals surface area (Å²) in [5.74, 6) is -0.133. The Bertz CT molecular complexity index is 1250. The van der Waals surface area contributed by atoms with Gasteiger partial charge in [0.15, 0.2) is 0 Å². The van der Waals surface area contributed by atoms with Gasteiger partial charge in [-0.2, -0.15) is 0 Å². The third kappa shape index (κ3) is 2.60. The zero-order valence-corrected chi connectivity index (χ0v) is 14.8. The van der Waals surface area contributed by atoms with E-state index in [1.807, 2.05) is 42.5 Å². The molecular weight excluding hydrogens is 354 g/mol. The van der Waals surface area contributed by atoms with E-state index in [1.54, 1.807) is 24.5 Å². The molecule has 1 aliphatic rings. The summed E-state index contributed by atoms with van der Waals surface area (Å²) in [4.78, 5) is 29.3. The standard InChI is InChI=1S/C23H15NO4/c25-20-12-17(15-8-10-24-11-9-15)21-19(28-20)7-6-16-22(26)18(13-27-23(16)21)14-4-2-1-3-5-14/h1-11,13,17H,12H2. The van der Waals surface area contributed by atoms with E-state index in [0.29, 0.717) is 22.3 Å². The first-order valence-corrected chi connectivity index (χ1v) is 8.97. The molecule has 1 atom stereocenters. The Kier molecular flexibility index (Phi) is 3.79. The molecule has 2 aromatic carbocycles. The summed E-state index contributed by atoms with van der Waals surface area (Å²) >= 11 is 0. The van der Waals surface area contributed by atoms with Crippen molar-refractivity contribution in [3.8, 4) is 16.9 Å². The van der Waals surface area contributed by atoms with Gasteiger partial charge in [-0.05, 0) is 35.4 Å². The van der Waals surface area contributed by atoms with Crippen LogP contribution in [0.3, 0.4) is 0 Å². The molecule has 1 unspecified atom stereocenters. The first-order valence-electron chi connectivity index (χ1n) is 8.97. The van der Waals surface area contributed by atoms with E-state index in [9.17, 15) is 9.59 Å². The summed E-state index contributed by atoms with van der Waals surface area (Å²) in [6, 6.07) is 16.5. The highest BCUT2D eigenvalue weighted by molar-refractivity contribution is 5.90. The quantitative estimate of drug-likeness (QED) is 0.389. The molecule has 5 nitrogen and oxygen atoms in total. The van der Waals surface area contributed by atoms with Crippen molar-refractivity contribution in [1.82, 2.24) is 4.98 Å². The summed E-state index contributed by atoms with van der Waals surface area (Å²) in [7, 11) is 0. The molecule has 0 bridgehead atoms. The molecule has 5 heteroatoms. The average molecular weight is 369 g/mol. The van der Waals surface area contributed by atoms with Crippen LogP contribution >= 0.6 is 0 Å². The SMILES string of the molecule is O=C1CC(c2ccncc2)c2c(ccc3c(=O)c(-c4ccccc4)coc23)O1. The van der Waals surface area contributed by atoms with Crippen LogP contribution in [0.5, 0.6) is 5.75 Å². The highest BCUT2D eigenvalue weighted by Gasteiger charge is 2.32. The van der Waals surface area contributed by atoms with Gasteiger partial charge in [0, 0.05) is 23.9 Å². The summed E-state index contributed by atoms with van der Waals surface area (Å²) in [6.07, 6.45) is 5.04. The van der Waals surface area contributed by atoms with E-state index in [2.05, 4.69) is 4.98 Å². The Morgan fingerprint density at radius 2 is 1.71 bits per heavy atom. The van der Waals surface area contributed by atoms with Crippen LogP contribution in [0.1, 0.15) is 23.5 Å². The highest BCUT2D eigenvalue weighted by Crippen LogP contribution is 2.42. The van der Waals surface area contributed by atoms with Crippen LogP contribution in [-0.2, 0) is 4.79 Å². The first kappa shape index (κ1) is 16.4. The van der Waals surface area contributed by atoms with Crippen molar-refractivity contribution < 1.29 is 13.9 Å². The maximum atomic E-state index is 13.1. The van der Waals surface area contributed by atoms with E-state index < -0.39 is 0 Å². The zero-order valence-electron chi connectivity index (χ0n) is 14.8. The van der Waals surface area contributed by atoms with E-state index in [0.717, 1.165) is 16.7 Å². The molecule has 0 aliphatic carbocycles. The van der Waals surface area contributed by atoms with Gasteiger partial charge in [0.25, 0.3) is 0 Å². The van der Waals surface area contributed by atoms with Crippen molar-refractivity contribution in [3.63, 3.8) is 0 Å². The number of hydrogen-bond donors (Lipinski definition) is 0. The Morgan fingerprint density at radius 1 is 0.929 bits per heavy atom. The summed E-state index contributed by atoms with van der Waals surface area (Å²) in [5.41, 5.74) is 3.29. The number of carbonyl (C=O) groups is 1. The van der Waals surface area contributed by atoms with Crippen molar-refractivity contribution in [2.75, 3.05) is 0 Å². The van der Waals surface area contributed by atoms with Crippen LogP contribution in [-0.4, -0.2) is 11.0 Å². The van der Waals surface area contributed by atoms with Gasteiger partial charge in [0.1, 0.15) is 17.6 Å². The van der Waals surface area contributed by atoms with Crippen LogP contribution in [0.15, 0.2) is 82.5 Å². The van der Waals surface area contributed by atoms with E-state index >= 15 is 0 Å². The minimum absolute atomic E-state index is 0.111. The van der Waals surface area contributed by atoms with Gasteiger partial charge in [-0.15, -0.1) is 0 Å². The smallest absolute Gasteiger partial charge is 0.312 e. The molecular formula is C23H15NO4. The fourth-order valence-corrected chi connectivity index (χ4v) is 3.75. The molecule has 0 spiro atoms. The van der Waals surface area contributed by atoms with Crippen LogP contribution in [0.25, 0.3) is 22.1 Å². The lowest BCUT2D eigenvalue weighted by Crippen LogP contribution is -2.22. The number of pyridine rings is 1. The van der Waals surface area contributed by atoms with Crippen molar-refractivity contribution in [2.24, 2.45) is 0 Å². The molecule has 5 rings (SSSR count). The number of benzene rings is 2. The molecule has 4 aromatic rings. The average Bonchev–Trinajstić information content (AvgIpc) is 2.74. The molecule has 0 radical (unpaired) electrons. The minimum Gasteiger partial charge on any atom is -0.463 e. The van der Waals surface area contributed by atoms with Gasteiger partial charge in [-0.25, -0.2) is 0 Å². The molecule has 0 fully saturated rings. The zero-order chi connectivity index (χ0) is 19.1. The maximum Gasteiger partial charge on any atom is 0.312 e. The minimum atomic E-state index is -0.308. The number of carbonyl (C=O) groups excluding carboxylic acids is 1. The molecule has 1 aliphatic heterocycles. The van der Waals surface area contributed by atoms with Crippen LogP contribution in [0.2, 0.25) is 0 Å². The second-order valence-electron chi connectivity index (χ2n) is 6.71. The van der Waals surface area contributed by atoms with E-state index in [4.69, 9.17) is 9.15 Å². The predicted octanol–water partition coefficient (Wildman–Crippen LogP) is 4.30. The van der Waals surface area contributed by atoms with Gasteiger partial charge < -0.3 is 9.15 Å². The molecule has 0 N–H and O–H groups in total. The summed E-state index contributed by atoms with van der Waals surface area (Å²) in [5, 5.41) is 0.470. The third-order valence-electron chi connectivity index (χ3n) is 5.08. The maximum absolute atomic E-state index is 13.1. The van der Waals surface area contributed by atoms with Gasteiger partial charge >= 0.3 is 5.97 Å². The van der Waals surface area contributed by atoms with E-state index in [-0.39, 0.29) is 23.7 Å². The van der Waals surface area contributed by atoms with Crippen LogP contribution in [0, 0.1) is 0 Å². The Balaban J connectivity index is 1.76. The van der Waals surface area contributed by atoms with Crippen LogP contribution < -0.4 is 10.2 Å². The van der Waals surface area contributed by atoms with Crippen molar-refractivity contribution in [3.05, 3.63) is 94.6 Å². The number of esters is 1. The largest absolute Gasteiger partial charge is 0.463 e. The van der Waals surface area contributed by atoms with E-state index in [1.165, 1.54) is 6.26 Å². The number of fused-ring (bicyclic) bond motifs is 3. The van der Waals surface area contributed by atoms with Crippen molar-refractivity contribution >= 4 is 16.9 Å². The van der Waals surface area contributed by atoms with Crippen molar-refractivity contribution in [2.45, 2.75) is 12.3 Å². The lowest BCUT2D eigenvalue weighted by atomic mass is 9.85. The number of hydrogen-bond acceptors (Lipinski definition) is 5. The fourth-order valence-electron chi connectivity index (χ4n) is 3.75. The lowest BCUT2D eigenvalue weighted by molar-refractivity contribution is -0.135. The molecule has 28 heavy (non-hydrogen) atoms. The summed E-state index contributed by atoms with van der Waals surface area (Å²) < 4.78 is 11.4. The third-order valence-corrected chi connectivity index (χ3v) is 5.08. The van der Waals surface area contributed by atoms with Gasteiger partial charge in [0.05, 0.1) is 17.4 Å². The highest BCUT2D eigenvalue weighted by atomic mass is 16.5.